The van der Waals surface area contributed by atoms with Gasteiger partial charge in [0.15, 0.2) is 0 Å². The lowest BCUT2D eigenvalue weighted by atomic mass is 10.2. The first-order chi connectivity index (χ1) is 4.38. The van der Waals surface area contributed by atoms with Gasteiger partial charge in [-0.25, -0.2) is 0 Å². The van der Waals surface area contributed by atoms with E-state index in [1.165, 1.54) is 12.8 Å². The fraction of sp³-hybridized carbons (Fsp3) is 1.00. The van der Waals surface area contributed by atoms with Crippen molar-refractivity contribution in [2.75, 3.05) is 0 Å². The third kappa shape index (κ3) is 1.99. The molecule has 0 aromatic heterocycles. The summed E-state index contributed by atoms with van der Waals surface area (Å²) < 4.78 is 0. The molecule has 2 unspecified atom stereocenters. The van der Waals surface area contributed by atoms with Gasteiger partial charge in [-0.3, -0.25) is 0 Å². The van der Waals surface area contributed by atoms with Crippen LogP contribution in [0.5, 0.6) is 0 Å². The first kappa shape index (κ1) is 8.15. The average Bonchev–Trinajstić information content (AvgIpc) is 2.33. The van der Waals surface area contributed by atoms with E-state index < -0.39 is 0 Å². The highest BCUT2D eigenvalue weighted by molar-refractivity contribution is 9.11. The Morgan fingerprint density at radius 2 is 1.44 bits per heavy atom. The Bertz CT molecular complexity index is 74.4. The van der Waals surface area contributed by atoms with Crippen molar-refractivity contribution in [3.05, 3.63) is 0 Å². The first-order valence-electron chi connectivity index (χ1n) is 3.37. The second kappa shape index (κ2) is 4.04. The number of hydrogen-bond donors (Lipinski definition) is 0. The van der Waals surface area contributed by atoms with Gasteiger partial charge in [0.05, 0.1) is 0 Å². The normalized spacial score (nSPS) is 35.3. The molecule has 0 N–H and O–H groups in total. The van der Waals surface area contributed by atoms with Crippen molar-refractivity contribution in [2.45, 2.75) is 37.2 Å². The lowest BCUT2D eigenvalue weighted by molar-refractivity contribution is 0.745. The Balaban J connectivity index is 2.32. The quantitative estimate of drug-likeness (QED) is 0.596. The largest absolute Gasteiger partial charge is 0.0779 e. The second-order valence-corrected chi connectivity index (χ2v) is 6.67. The van der Waals surface area contributed by atoms with Crippen LogP contribution in [0.2, 0.25) is 0 Å². The summed E-state index contributed by atoms with van der Waals surface area (Å²) in [5, 5.41) is 1.84. The second-order valence-electron chi connectivity index (χ2n) is 2.15. The van der Waals surface area contributed by atoms with Crippen molar-refractivity contribution in [2.24, 2.45) is 0 Å². The third-order valence-corrected chi connectivity index (χ3v) is 7.06. The molecule has 9 heavy (non-hydrogen) atoms. The predicted octanol–water partition coefficient (Wildman–Crippen LogP) is 3.59. The predicted molar refractivity (Wildman–Crippen MR) is 50.9 cm³/mol. The van der Waals surface area contributed by atoms with E-state index in [-0.39, 0.29) is 0 Å². The summed E-state index contributed by atoms with van der Waals surface area (Å²) in [7, 11) is 6.08. The zero-order valence-electron chi connectivity index (χ0n) is 5.79. The Hall–Kier alpha value is 1.05. The van der Waals surface area contributed by atoms with Gasteiger partial charge in [0, 0.05) is 10.5 Å². The summed E-state index contributed by atoms with van der Waals surface area (Å²) in [6.45, 7) is 4.57. The summed E-state index contributed by atoms with van der Waals surface area (Å²) in [6.07, 6.45) is 2.67. The first-order valence-corrected chi connectivity index (χ1v) is 6.98. The van der Waals surface area contributed by atoms with Crippen molar-refractivity contribution >= 4 is 31.4 Å². The highest BCUT2D eigenvalue weighted by Crippen LogP contribution is 2.53. The number of rotatable bonds is 2. The highest BCUT2D eigenvalue weighted by Gasteiger charge is 2.26. The van der Waals surface area contributed by atoms with Gasteiger partial charge in [-0.15, -0.1) is 0 Å². The Kier molecular flexibility index (Phi) is 3.66. The molecule has 1 rings (SSSR count). The molecular weight excluding hydrogens is 168 g/mol. The highest BCUT2D eigenvalue weighted by atomic mass is 33.5. The van der Waals surface area contributed by atoms with E-state index in [1.807, 2.05) is 9.83 Å². The zero-order chi connectivity index (χ0) is 6.69. The van der Waals surface area contributed by atoms with E-state index >= 15 is 0 Å². The molecule has 0 aromatic carbocycles. The fourth-order valence-electron chi connectivity index (χ4n) is 0.909. The minimum atomic E-state index is 0.921. The van der Waals surface area contributed by atoms with E-state index in [0.29, 0.717) is 0 Å². The Morgan fingerprint density at radius 1 is 1.00 bits per heavy atom. The molecule has 0 radical (unpaired) electrons. The van der Waals surface area contributed by atoms with Crippen LogP contribution in [0, 0.1) is 0 Å². The van der Waals surface area contributed by atoms with Crippen LogP contribution in [0.3, 0.4) is 0 Å². The van der Waals surface area contributed by atoms with E-state index in [0.717, 1.165) is 10.5 Å². The maximum absolute atomic E-state index is 2.28. The average molecular weight is 180 g/mol. The Labute approximate surface area is 68.7 Å². The van der Waals surface area contributed by atoms with Crippen LogP contribution in [0.4, 0.5) is 0 Å². The van der Waals surface area contributed by atoms with Crippen LogP contribution in [0.1, 0.15) is 26.7 Å². The van der Waals surface area contributed by atoms with Crippen molar-refractivity contribution in [1.82, 2.24) is 0 Å². The number of hydrogen-bond acceptors (Lipinski definition) is 3. The molecule has 0 aliphatic carbocycles. The van der Waals surface area contributed by atoms with Crippen LogP contribution in [0.15, 0.2) is 0 Å². The van der Waals surface area contributed by atoms with Gasteiger partial charge in [0.25, 0.3) is 0 Å². The molecular formula is C6H12S3. The lowest BCUT2D eigenvalue weighted by Gasteiger charge is -2.10. The van der Waals surface area contributed by atoms with Gasteiger partial charge in [-0.1, -0.05) is 35.4 Å². The molecule has 1 fully saturated rings. The summed E-state index contributed by atoms with van der Waals surface area (Å²) >= 11 is 0. The summed E-state index contributed by atoms with van der Waals surface area (Å²) in [5.41, 5.74) is 0. The van der Waals surface area contributed by atoms with Gasteiger partial charge in [0.1, 0.15) is 0 Å². The minimum absolute atomic E-state index is 0.921. The van der Waals surface area contributed by atoms with Crippen LogP contribution in [-0.2, 0) is 0 Å². The van der Waals surface area contributed by atoms with E-state index in [4.69, 9.17) is 0 Å². The standard InChI is InChI=1S/C6H12S3/c1-3-5-6(4-2)8-9-7-5/h5-6H,3-4H2,1-2H3. The van der Waals surface area contributed by atoms with Crippen LogP contribution in [0.25, 0.3) is 0 Å². The molecule has 2 atom stereocenters. The zero-order valence-corrected chi connectivity index (χ0v) is 8.24. The SMILES string of the molecule is CCC1SSSC1CC. The summed E-state index contributed by atoms with van der Waals surface area (Å²) in [4.78, 5) is 0. The van der Waals surface area contributed by atoms with E-state index in [2.05, 4.69) is 35.4 Å². The van der Waals surface area contributed by atoms with Gasteiger partial charge >= 0.3 is 0 Å². The van der Waals surface area contributed by atoms with Crippen LogP contribution < -0.4 is 0 Å². The van der Waals surface area contributed by atoms with Crippen LogP contribution >= 0.6 is 31.4 Å². The molecule has 54 valence electrons. The molecule has 1 saturated heterocycles. The maximum atomic E-state index is 2.28. The molecule has 1 aliphatic heterocycles. The molecule has 0 amide bonds. The Morgan fingerprint density at radius 3 is 1.78 bits per heavy atom. The van der Waals surface area contributed by atoms with Gasteiger partial charge < -0.3 is 0 Å². The van der Waals surface area contributed by atoms with Crippen molar-refractivity contribution in [3.8, 4) is 0 Å². The summed E-state index contributed by atoms with van der Waals surface area (Å²) in [5.74, 6) is 0. The lowest BCUT2D eigenvalue weighted by Crippen LogP contribution is -2.12. The van der Waals surface area contributed by atoms with Gasteiger partial charge in [-0.2, -0.15) is 0 Å². The van der Waals surface area contributed by atoms with Crippen molar-refractivity contribution < 1.29 is 0 Å². The van der Waals surface area contributed by atoms with Gasteiger partial charge in [-0.05, 0) is 22.7 Å². The van der Waals surface area contributed by atoms with E-state index in [1.54, 1.807) is 0 Å². The van der Waals surface area contributed by atoms with E-state index in [9.17, 15) is 0 Å². The minimum Gasteiger partial charge on any atom is -0.0779 e. The third-order valence-electron chi connectivity index (χ3n) is 1.55. The molecule has 1 heterocycles. The van der Waals surface area contributed by atoms with Crippen LogP contribution in [-0.4, -0.2) is 10.5 Å². The molecule has 0 aromatic rings. The summed E-state index contributed by atoms with van der Waals surface area (Å²) in [6, 6.07) is 0. The monoisotopic (exact) mass is 180 g/mol. The molecule has 0 bridgehead atoms. The maximum Gasteiger partial charge on any atom is 0.0284 e. The molecule has 0 spiro atoms. The van der Waals surface area contributed by atoms with Crippen molar-refractivity contribution in [1.29, 1.82) is 0 Å². The molecule has 3 heteroatoms. The molecule has 0 nitrogen and oxygen atoms in total. The smallest absolute Gasteiger partial charge is 0.0284 e. The topological polar surface area (TPSA) is 0 Å². The molecule has 0 saturated carbocycles. The van der Waals surface area contributed by atoms with Crippen molar-refractivity contribution in [3.63, 3.8) is 0 Å². The fourth-order valence-corrected chi connectivity index (χ4v) is 7.40. The molecule has 1 aliphatic rings. The van der Waals surface area contributed by atoms with Gasteiger partial charge in [0.2, 0.25) is 0 Å².